The van der Waals surface area contributed by atoms with Crippen molar-refractivity contribution in [3.05, 3.63) is 119 Å². The van der Waals surface area contributed by atoms with Crippen LogP contribution in [0.15, 0.2) is 97.2 Å². The zero-order valence-electron chi connectivity index (χ0n) is 28.6. The van der Waals surface area contributed by atoms with Gasteiger partial charge in [0, 0.05) is 11.5 Å². The van der Waals surface area contributed by atoms with E-state index in [-0.39, 0.29) is 12.0 Å². The first-order valence-electron chi connectivity index (χ1n) is 16.2. The number of benzene rings is 4. The molecule has 10 heteroatoms. The van der Waals surface area contributed by atoms with Gasteiger partial charge in [0.1, 0.15) is 0 Å². The highest BCUT2D eigenvalue weighted by Crippen LogP contribution is 2.46. The Morgan fingerprint density at radius 3 is 2.06 bits per heavy atom. The van der Waals surface area contributed by atoms with Crippen LogP contribution in [0.5, 0.6) is 34.5 Å². The Balaban J connectivity index is 1.45. The number of para-hydroxylation sites is 1. The van der Waals surface area contributed by atoms with Gasteiger partial charge in [0.05, 0.1) is 58.1 Å². The number of hydrogen-bond acceptors (Lipinski definition) is 9. The van der Waals surface area contributed by atoms with Gasteiger partial charge in [-0.15, -0.1) is 0 Å². The summed E-state index contributed by atoms with van der Waals surface area (Å²) >= 11 is 0. The molecule has 4 aromatic carbocycles. The monoisotopic (exact) mass is 670 g/mol. The summed E-state index contributed by atoms with van der Waals surface area (Å²) in [5.41, 5.74) is 3.07. The van der Waals surface area contributed by atoms with Crippen LogP contribution < -0.4 is 28.5 Å². The summed E-state index contributed by atoms with van der Waals surface area (Å²) in [6.45, 7) is 3.02. The third-order valence-electron chi connectivity index (χ3n) is 8.30. The van der Waals surface area contributed by atoms with E-state index in [9.17, 15) is 10.0 Å². The first-order valence-corrected chi connectivity index (χ1v) is 16.2. The van der Waals surface area contributed by atoms with Gasteiger partial charge in [-0.1, -0.05) is 49.4 Å². The van der Waals surface area contributed by atoms with E-state index in [1.54, 1.807) is 89.1 Å². The Hall–Kier alpha value is -5.03. The van der Waals surface area contributed by atoms with Crippen LogP contribution in [-0.2, 0) is 11.2 Å². The highest BCUT2D eigenvalue weighted by Gasteiger charge is 2.39. The average molecular weight is 671 g/mol. The van der Waals surface area contributed by atoms with Gasteiger partial charge in [0.25, 0.3) is 0 Å². The predicted octanol–water partition coefficient (Wildman–Crippen LogP) is 7.85. The van der Waals surface area contributed by atoms with Crippen LogP contribution >= 0.6 is 0 Å². The zero-order chi connectivity index (χ0) is 34.8. The van der Waals surface area contributed by atoms with Crippen LogP contribution in [0, 0.1) is 0 Å². The standard InChI is InChI=1S/C39H44NO9/c1-6-20-47-37-28(16-13-19-40(42,49-32-17-11-8-12-18-32)39(41)27-14-9-7-10-15-27)21-29(22-34(37)43-2)31-25-33(48-26-31)30-23-35(44-3)38(46-5)36(24-30)45-4/h7-15,17-19,21-24,31,33,42H,6,16,20,25-26H2,1-5H3/q+1/b19-13+. The molecule has 4 aromatic rings. The van der Waals surface area contributed by atoms with E-state index in [1.165, 1.54) is 6.20 Å². The third-order valence-corrected chi connectivity index (χ3v) is 8.30. The van der Waals surface area contributed by atoms with Crippen molar-refractivity contribution in [2.75, 3.05) is 41.7 Å². The van der Waals surface area contributed by atoms with E-state index in [2.05, 4.69) is 6.07 Å². The third kappa shape index (κ3) is 8.17. The maximum Gasteiger partial charge on any atom is 0.425 e. The number of rotatable bonds is 15. The molecule has 0 bridgehead atoms. The number of carbonyl (C=O) groups excluding carboxylic acids is 1. The summed E-state index contributed by atoms with van der Waals surface area (Å²) in [5.74, 6) is 2.60. The Morgan fingerprint density at radius 2 is 1.45 bits per heavy atom. The van der Waals surface area contributed by atoms with Crippen LogP contribution in [0.1, 0.15) is 58.8 Å². The maximum atomic E-state index is 13.6. The second-order valence-electron chi connectivity index (χ2n) is 11.6. The molecule has 0 saturated carbocycles. The summed E-state index contributed by atoms with van der Waals surface area (Å²) in [5, 5.41) is 11.6. The van der Waals surface area contributed by atoms with Gasteiger partial charge in [-0.3, -0.25) is 4.84 Å². The van der Waals surface area contributed by atoms with E-state index in [0.717, 1.165) is 23.1 Å². The van der Waals surface area contributed by atoms with E-state index in [4.69, 9.17) is 33.3 Å². The number of hydroxylamine groups is 4. The topological polar surface area (TPSA) is 102 Å². The van der Waals surface area contributed by atoms with Gasteiger partial charge in [0.2, 0.25) is 5.75 Å². The fourth-order valence-electron chi connectivity index (χ4n) is 5.84. The lowest BCUT2D eigenvalue weighted by molar-refractivity contribution is -1.13. The maximum absolute atomic E-state index is 13.6. The molecule has 1 aliphatic rings. The number of carbonyl (C=O) groups is 1. The smallest absolute Gasteiger partial charge is 0.425 e. The number of nitrogens with zero attached hydrogens (tertiary/aromatic N) is 1. The second kappa shape index (κ2) is 16.4. The van der Waals surface area contributed by atoms with Gasteiger partial charge in [0.15, 0.2) is 34.9 Å². The number of amides is 1. The van der Waals surface area contributed by atoms with E-state index >= 15 is 0 Å². The molecule has 1 heterocycles. The number of ether oxygens (including phenoxy) is 6. The molecule has 5 rings (SSSR count). The molecule has 0 radical (unpaired) electrons. The van der Waals surface area contributed by atoms with Crippen LogP contribution in [0.3, 0.4) is 0 Å². The molecule has 1 fully saturated rings. The van der Waals surface area contributed by atoms with Crippen LogP contribution in [-0.4, -0.2) is 57.6 Å². The zero-order valence-corrected chi connectivity index (χ0v) is 28.6. The van der Waals surface area contributed by atoms with Crippen molar-refractivity contribution < 1.29 is 48.1 Å². The molecule has 1 saturated heterocycles. The fraction of sp³-hybridized carbons (Fsp3) is 0.308. The molecule has 0 spiro atoms. The van der Waals surface area contributed by atoms with E-state index in [0.29, 0.717) is 66.1 Å². The lowest BCUT2D eigenvalue weighted by Crippen LogP contribution is -2.48. The minimum Gasteiger partial charge on any atom is -0.493 e. The number of allylic oxidation sites excluding steroid dienone is 1. The Morgan fingerprint density at radius 1 is 0.837 bits per heavy atom. The largest absolute Gasteiger partial charge is 0.493 e. The van der Waals surface area contributed by atoms with E-state index in [1.807, 2.05) is 31.2 Å². The summed E-state index contributed by atoms with van der Waals surface area (Å²) in [6.07, 6.45) is 4.67. The number of hydrogen-bond donors (Lipinski definition) is 1. The van der Waals surface area contributed by atoms with Gasteiger partial charge >= 0.3 is 5.91 Å². The number of quaternary nitrogens is 1. The first kappa shape index (κ1) is 35.3. The minimum atomic E-state index is -1.41. The van der Waals surface area contributed by atoms with Crippen molar-refractivity contribution in [2.24, 2.45) is 0 Å². The van der Waals surface area contributed by atoms with Crippen LogP contribution in [0.4, 0.5) is 0 Å². The molecule has 0 aliphatic carbocycles. The lowest BCUT2D eigenvalue weighted by atomic mass is 9.91. The minimum absolute atomic E-state index is 0.0507. The quantitative estimate of drug-likeness (QED) is 0.0770. The second-order valence-corrected chi connectivity index (χ2v) is 11.6. The Kier molecular flexibility index (Phi) is 11.8. The molecule has 1 N–H and O–H groups in total. The van der Waals surface area contributed by atoms with Gasteiger partial charge in [-0.2, -0.15) is 5.21 Å². The van der Waals surface area contributed by atoms with E-state index < -0.39 is 10.7 Å². The summed E-state index contributed by atoms with van der Waals surface area (Å²) in [4.78, 5) is 18.0. The van der Waals surface area contributed by atoms with Crippen molar-refractivity contribution in [1.29, 1.82) is 0 Å². The predicted molar refractivity (Wildman–Crippen MR) is 184 cm³/mol. The average Bonchev–Trinajstić information content (AvgIpc) is 3.64. The summed E-state index contributed by atoms with van der Waals surface area (Å²) in [6, 6.07) is 25.2. The molecule has 49 heavy (non-hydrogen) atoms. The first-order chi connectivity index (χ1) is 23.8. The molecule has 3 unspecified atom stereocenters. The van der Waals surface area contributed by atoms with Gasteiger partial charge < -0.3 is 28.4 Å². The Bertz CT molecular complexity index is 1700. The van der Waals surface area contributed by atoms with Crippen LogP contribution in [0.2, 0.25) is 0 Å². The highest BCUT2D eigenvalue weighted by atomic mass is 16.9. The number of methoxy groups -OCH3 is 4. The highest BCUT2D eigenvalue weighted by molar-refractivity contribution is 5.88. The van der Waals surface area contributed by atoms with Gasteiger partial charge in [-0.05, 0) is 78.9 Å². The molecule has 0 aromatic heterocycles. The van der Waals surface area contributed by atoms with Crippen molar-refractivity contribution in [3.8, 4) is 34.5 Å². The normalized spacial score (nSPS) is 16.9. The lowest BCUT2D eigenvalue weighted by Gasteiger charge is -2.21. The van der Waals surface area contributed by atoms with Gasteiger partial charge in [-0.25, -0.2) is 4.79 Å². The molecular formula is C39H44NO9+. The summed E-state index contributed by atoms with van der Waals surface area (Å²) in [7, 11) is 6.38. The van der Waals surface area contributed by atoms with Crippen LogP contribution in [0.25, 0.3) is 0 Å². The van der Waals surface area contributed by atoms with Crippen molar-refractivity contribution in [1.82, 2.24) is 0 Å². The SMILES string of the molecule is CCCOc1c(C/C=C/[N+](O)(Oc2ccccc2)C(=O)c2ccccc2)cc(C2COC(c3cc(OC)c(OC)c(OC)c3)C2)cc1OC. The van der Waals surface area contributed by atoms with Crippen molar-refractivity contribution in [3.63, 3.8) is 0 Å². The van der Waals surface area contributed by atoms with Crippen molar-refractivity contribution in [2.45, 2.75) is 38.2 Å². The molecule has 3 atom stereocenters. The Labute approximate surface area is 287 Å². The fourth-order valence-corrected chi connectivity index (χ4v) is 5.84. The molecule has 1 aliphatic heterocycles. The van der Waals surface area contributed by atoms with Crippen molar-refractivity contribution >= 4 is 5.91 Å². The molecule has 1 amide bonds. The molecule has 10 nitrogen and oxygen atoms in total. The molecular weight excluding hydrogens is 626 g/mol. The molecule has 258 valence electrons. The summed E-state index contributed by atoms with van der Waals surface area (Å²) < 4.78 is 35.0.